The van der Waals surface area contributed by atoms with E-state index in [-0.39, 0.29) is 24.1 Å². The van der Waals surface area contributed by atoms with E-state index in [0.29, 0.717) is 18.1 Å². The largest absolute Gasteiger partial charge is 0.473 e. The molecular formula is C16H16F3N3O3S. The van der Waals surface area contributed by atoms with Crippen LogP contribution in [0.3, 0.4) is 0 Å². The summed E-state index contributed by atoms with van der Waals surface area (Å²) in [5.41, 5.74) is -0.891. The smallest absolute Gasteiger partial charge is 0.416 e. The van der Waals surface area contributed by atoms with Crippen LogP contribution in [0.5, 0.6) is 5.88 Å². The molecule has 1 atom stereocenters. The molecule has 0 amide bonds. The average Bonchev–Trinajstić information content (AvgIpc) is 3.03. The number of sulfonamides is 1. The third-order valence-corrected chi connectivity index (χ3v) is 5.84. The van der Waals surface area contributed by atoms with Crippen molar-refractivity contribution in [1.29, 1.82) is 0 Å². The first-order valence-electron chi connectivity index (χ1n) is 7.80. The minimum atomic E-state index is -4.51. The van der Waals surface area contributed by atoms with Crippen LogP contribution < -0.4 is 4.74 Å². The second-order valence-corrected chi connectivity index (χ2v) is 7.79. The third-order valence-electron chi connectivity index (χ3n) is 3.97. The van der Waals surface area contributed by atoms with Crippen LogP contribution in [0.25, 0.3) is 0 Å². The van der Waals surface area contributed by atoms with Crippen LogP contribution in [0.2, 0.25) is 0 Å². The van der Waals surface area contributed by atoms with E-state index in [4.69, 9.17) is 4.74 Å². The number of hydrogen-bond acceptors (Lipinski definition) is 5. The summed E-state index contributed by atoms with van der Waals surface area (Å²) in [6.45, 7) is 2.04. The van der Waals surface area contributed by atoms with E-state index in [1.165, 1.54) is 4.31 Å². The van der Waals surface area contributed by atoms with Gasteiger partial charge in [0, 0.05) is 18.8 Å². The molecule has 1 aliphatic heterocycles. The maximum absolute atomic E-state index is 12.6. The van der Waals surface area contributed by atoms with E-state index in [9.17, 15) is 21.6 Å². The minimum absolute atomic E-state index is 0.104. The number of halogens is 3. The first-order valence-corrected chi connectivity index (χ1v) is 9.24. The number of benzene rings is 1. The zero-order valence-electron chi connectivity index (χ0n) is 13.8. The van der Waals surface area contributed by atoms with Crippen LogP contribution in [0, 0.1) is 6.92 Å². The molecule has 1 fully saturated rings. The van der Waals surface area contributed by atoms with Gasteiger partial charge in [-0.25, -0.2) is 13.4 Å². The standard InChI is InChI=1S/C16H16F3N3O3S/c1-11-20-8-6-15(21-11)25-13-7-9-22(10-13)26(23,24)14-4-2-12(3-5-14)16(17,18)19/h2-6,8,13H,7,9-10H2,1H3/t13-/m0/s1. The van der Waals surface area contributed by atoms with Crippen molar-refractivity contribution in [3.8, 4) is 5.88 Å². The van der Waals surface area contributed by atoms with Crippen molar-refractivity contribution < 1.29 is 26.3 Å². The summed E-state index contributed by atoms with van der Waals surface area (Å²) >= 11 is 0. The van der Waals surface area contributed by atoms with E-state index < -0.39 is 21.8 Å². The minimum Gasteiger partial charge on any atom is -0.473 e. The molecule has 0 unspecified atom stereocenters. The molecule has 6 nitrogen and oxygen atoms in total. The number of nitrogens with zero attached hydrogens (tertiary/aromatic N) is 3. The first kappa shape index (κ1) is 18.6. The Hall–Kier alpha value is -2.20. The summed E-state index contributed by atoms with van der Waals surface area (Å²) in [6, 6.07) is 5.06. The molecule has 26 heavy (non-hydrogen) atoms. The normalized spacial score (nSPS) is 18.8. The fourth-order valence-electron chi connectivity index (χ4n) is 2.65. The van der Waals surface area contributed by atoms with Crippen molar-refractivity contribution in [3.63, 3.8) is 0 Å². The second-order valence-electron chi connectivity index (χ2n) is 5.86. The Labute approximate surface area is 148 Å². The predicted molar refractivity (Wildman–Crippen MR) is 86.0 cm³/mol. The highest BCUT2D eigenvalue weighted by molar-refractivity contribution is 7.89. The highest BCUT2D eigenvalue weighted by Crippen LogP contribution is 2.31. The highest BCUT2D eigenvalue weighted by atomic mass is 32.2. The number of hydrogen-bond donors (Lipinski definition) is 0. The van der Waals surface area contributed by atoms with Gasteiger partial charge in [0.05, 0.1) is 17.0 Å². The average molecular weight is 387 g/mol. The summed E-state index contributed by atoms with van der Waals surface area (Å²) in [7, 11) is -3.88. The van der Waals surface area contributed by atoms with Crippen molar-refractivity contribution in [2.45, 2.75) is 30.5 Å². The predicted octanol–water partition coefficient (Wildman–Crippen LogP) is 2.65. The van der Waals surface area contributed by atoms with Crippen molar-refractivity contribution in [3.05, 3.63) is 47.9 Å². The van der Waals surface area contributed by atoms with Gasteiger partial charge in [-0.3, -0.25) is 0 Å². The number of ether oxygens (including phenoxy) is 1. The molecular weight excluding hydrogens is 371 g/mol. The zero-order valence-corrected chi connectivity index (χ0v) is 14.6. The monoisotopic (exact) mass is 387 g/mol. The third kappa shape index (κ3) is 3.96. The molecule has 140 valence electrons. The van der Waals surface area contributed by atoms with Gasteiger partial charge >= 0.3 is 6.18 Å². The molecule has 0 spiro atoms. The van der Waals surface area contributed by atoms with E-state index in [2.05, 4.69) is 9.97 Å². The lowest BCUT2D eigenvalue weighted by atomic mass is 10.2. The lowest BCUT2D eigenvalue weighted by Crippen LogP contribution is -2.31. The molecule has 0 saturated carbocycles. The number of aromatic nitrogens is 2. The zero-order chi connectivity index (χ0) is 18.9. The van der Waals surface area contributed by atoms with E-state index in [0.717, 1.165) is 24.3 Å². The van der Waals surface area contributed by atoms with Gasteiger partial charge in [0.1, 0.15) is 11.9 Å². The Morgan fingerprint density at radius 3 is 2.50 bits per heavy atom. The fourth-order valence-corrected chi connectivity index (χ4v) is 4.13. The van der Waals surface area contributed by atoms with Crippen LogP contribution >= 0.6 is 0 Å². The fraction of sp³-hybridized carbons (Fsp3) is 0.375. The van der Waals surface area contributed by atoms with Crippen molar-refractivity contribution in [1.82, 2.24) is 14.3 Å². The van der Waals surface area contributed by atoms with Gasteiger partial charge in [-0.2, -0.15) is 22.5 Å². The van der Waals surface area contributed by atoms with E-state index in [1.54, 1.807) is 19.2 Å². The number of alkyl halides is 3. The van der Waals surface area contributed by atoms with Gasteiger partial charge in [-0.1, -0.05) is 0 Å². The summed E-state index contributed by atoms with van der Waals surface area (Å²) in [4.78, 5) is 7.89. The van der Waals surface area contributed by atoms with E-state index in [1.807, 2.05) is 0 Å². The second kappa shape index (κ2) is 6.84. The number of rotatable bonds is 4. The van der Waals surface area contributed by atoms with Crippen LogP contribution in [0.15, 0.2) is 41.4 Å². The summed E-state index contributed by atoms with van der Waals surface area (Å²) in [5, 5.41) is 0. The van der Waals surface area contributed by atoms with Gasteiger partial charge in [-0.15, -0.1) is 0 Å². The maximum Gasteiger partial charge on any atom is 0.416 e. The summed E-state index contributed by atoms with van der Waals surface area (Å²) < 4.78 is 70.0. The molecule has 1 aromatic heterocycles. The first-order chi connectivity index (χ1) is 12.2. The van der Waals surface area contributed by atoms with Crippen molar-refractivity contribution >= 4 is 10.0 Å². The van der Waals surface area contributed by atoms with Gasteiger partial charge in [-0.05, 0) is 37.6 Å². The Morgan fingerprint density at radius 1 is 1.19 bits per heavy atom. The molecule has 0 bridgehead atoms. The molecule has 2 aromatic rings. The van der Waals surface area contributed by atoms with Gasteiger partial charge in [0.25, 0.3) is 0 Å². The van der Waals surface area contributed by atoms with Gasteiger partial charge in [0.15, 0.2) is 0 Å². The van der Waals surface area contributed by atoms with Gasteiger partial charge in [0.2, 0.25) is 15.9 Å². The topological polar surface area (TPSA) is 72.4 Å². The summed E-state index contributed by atoms with van der Waals surface area (Å²) in [5.74, 6) is 0.894. The Morgan fingerprint density at radius 2 is 1.88 bits per heavy atom. The van der Waals surface area contributed by atoms with Crippen LogP contribution in [0.4, 0.5) is 13.2 Å². The van der Waals surface area contributed by atoms with Crippen LogP contribution in [0.1, 0.15) is 17.8 Å². The highest BCUT2D eigenvalue weighted by Gasteiger charge is 2.35. The summed E-state index contributed by atoms with van der Waals surface area (Å²) in [6.07, 6.45) is -2.88. The Kier molecular flexibility index (Phi) is 4.89. The lowest BCUT2D eigenvalue weighted by molar-refractivity contribution is -0.137. The Balaban J connectivity index is 1.71. The van der Waals surface area contributed by atoms with Crippen molar-refractivity contribution in [2.24, 2.45) is 0 Å². The molecule has 0 aliphatic carbocycles. The SMILES string of the molecule is Cc1nccc(O[C@H]2CCN(S(=O)(=O)c3ccc(C(F)(F)F)cc3)C2)n1. The number of aryl methyl sites for hydroxylation is 1. The molecule has 1 aliphatic rings. The van der Waals surface area contributed by atoms with Crippen molar-refractivity contribution in [2.75, 3.05) is 13.1 Å². The van der Waals surface area contributed by atoms with Gasteiger partial charge < -0.3 is 4.74 Å². The molecule has 3 rings (SSSR count). The van der Waals surface area contributed by atoms with Crippen LogP contribution in [-0.4, -0.2) is 41.9 Å². The molecule has 0 N–H and O–H groups in total. The molecule has 0 radical (unpaired) electrons. The molecule has 10 heteroatoms. The molecule has 1 saturated heterocycles. The van der Waals surface area contributed by atoms with E-state index >= 15 is 0 Å². The molecule has 1 aromatic carbocycles. The molecule has 2 heterocycles. The quantitative estimate of drug-likeness (QED) is 0.807. The van der Waals surface area contributed by atoms with Crippen LogP contribution in [-0.2, 0) is 16.2 Å². The Bertz CT molecular complexity index is 886. The lowest BCUT2D eigenvalue weighted by Gasteiger charge is -2.17. The maximum atomic E-state index is 12.6.